The third-order valence-electron chi connectivity index (χ3n) is 5.29. The quantitative estimate of drug-likeness (QED) is 0.767. The van der Waals surface area contributed by atoms with Crippen molar-refractivity contribution in [2.24, 2.45) is 17.8 Å². The summed E-state index contributed by atoms with van der Waals surface area (Å²) in [5.41, 5.74) is 0. The average molecular weight is 280 g/mol. The van der Waals surface area contributed by atoms with Crippen molar-refractivity contribution in [3.05, 3.63) is 0 Å². The van der Waals surface area contributed by atoms with Crippen molar-refractivity contribution in [1.29, 1.82) is 0 Å². The second-order valence-corrected chi connectivity index (χ2v) is 6.99. The summed E-state index contributed by atoms with van der Waals surface area (Å²) in [4.78, 5) is 16.9. The molecule has 2 aliphatic heterocycles. The highest BCUT2D eigenvalue weighted by Crippen LogP contribution is 2.32. The Labute approximate surface area is 124 Å². The van der Waals surface area contributed by atoms with Crippen LogP contribution in [0.25, 0.3) is 0 Å². The van der Waals surface area contributed by atoms with Crippen LogP contribution in [0.2, 0.25) is 0 Å². The molecule has 0 spiro atoms. The van der Waals surface area contributed by atoms with Gasteiger partial charge in [-0.2, -0.15) is 0 Å². The first-order valence-corrected chi connectivity index (χ1v) is 8.67. The monoisotopic (exact) mass is 280 g/mol. The van der Waals surface area contributed by atoms with E-state index in [0.717, 1.165) is 38.0 Å². The van der Waals surface area contributed by atoms with E-state index in [0.29, 0.717) is 11.9 Å². The molecule has 0 radical (unpaired) electrons. The Morgan fingerprint density at radius 2 is 1.70 bits per heavy atom. The molecular weight excluding hydrogens is 248 g/mol. The van der Waals surface area contributed by atoms with Crippen molar-refractivity contribution in [1.82, 2.24) is 9.80 Å². The molecule has 2 unspecified atom stereocenters. The molecule has 0 aromatic rings. The van der Waals surface area contributed by atoms with Crippen LogP contribution in [0.5, 0.6) is 0 Å². The first-order chi connectivity index (χ1) is 9.63. The Hall–Kier alpha value is -0.730. The predicted octanol–water partition coefficient (Wildman–Crippen LogP) is 3.99. The Bertz CT molecular complexity index is 310. The molecule has 0 aromatic heterocycles. The van der Waals surface area contributed by atoms with Gasteiger partial charge < -0.3 is 9.80 Å². The second-order valence-electron chi connectivity index (χ2n) is 6.99. The summed E-state index contributed by atoms with van der Waals surface area (Å²) in [6.45, 7) is 10.9. The Balaban J connectivity index is 1.93. The van der Waals surface area contributed by atoms with E-state index in [1.807, 2.05) is 0 Å². The molecule has 3 nitrogen and oxygen atoms in total. The van der Waals surface area contributed by atoms with Crippen molar-refractivity contribution < 1.29 is 4.79 Å². The van der Waals surface area contributed by atoms with Crippen molar-refractivity contribution in [3.8, 4) is 0 Å². The molecule has 2 aliphatic rings. The molecule has 2 atom stereocenters. The summed E-state index contributed by atoms with van der Waals surface area (Å²) < 4.78 is 0. The molecule has 116 valence electrons. The van der Waals surface area contributed by atoms with Crippen LogP contribution in [0.15, 0.2) is 0 Å². The van der Waals surface area contributed by atoms with E-state index in [2.05, 4.69) is 30.6 Å². The van der Waals surface area contributed by atoms with Gasteiger partial charge in [0, 0.05) is 26.2 Å². The van der Waals surface area contributed by atoms with E-state index in [1.165, 1.54) is 38.5 Å². The second kappa shape index (κ2) is 7.33. The summed E-state index contributed by atoms with van der Waals surface area (Å²) in [7, 11) is 0. The number of likely N-dealkylation sites (tertiary alicyclic amines) is 2. The third kappa shape index (κ3) is 3.67. The van der Waals surface area contributed by atoms with E-state index in [1.54, 1.807) is 0 Å². The third-order valence-corrected chi connectivity index (χ3v) is 5.29. The van der Waals surface area contributed by atoms with Gasteiger partial charge >= 0.3 is 6.03 Å². The number of hydrogen-bond acceptors (Lipinski definition) is 1. The van der Waals surface area contributed by atoms with Crippen LogP contribution in [-0.2, 0) is 0 Å². The Morgan fingerprint density at radius 3 is 2.30 bits per heavy atom. The normalized spacial score (nSPS) is 25.9. The molecule has 2 heterocycles. The van der Waals surface area contributed by atoms with Gasteiger partial charge in [-0.25, -0.2) is 4.79 Å². The molecule has 2 amide bonds. The van der Waals surface area contributed by atoms with E-state index >= 15 is 0 Å². The molecule has 2 rings (SSSR count). The average Bonchev–Trinajstić information content (AvgIpc) is 2.48. The van der Waals surface area contributed by atoms with E-state index in [9.17, 15) is 4.79 Å². The van der Waals surface area contributed by atoms with Crippen molar-refractivity contribution in [2.45, 2.75) is 59.3 Å². The zero-order valence-corrected chi connectivity index (χ0v) is 13.6. The van der Waals surface area contributed by atoms with Gasteiger partial charge in [0.05, 0.1) is 0 Å². The van der Waals surface area contributed by atoms with Crippen LogP contribution < -0.4 is 0 Å². The minimum absolute atomic E-state index is 0.313. The van der Waals surface area contributed by atoms with Crippen LogP contribution in [-0.4, -0.2) is 42.0 Å². The summed E-state index contributed by atoms with van der Waals surface area (Å²) in [6, 6.07) is 0.313. The maximum absolute atomic E-state index is 12.6. The van der Waals surface area contributed by atoms with Crippen molar-refractivity contribution in [3.63, 3.8) is 0 Å². The predicted molar refractivity (Wildman–Crippen MR) is 83.7 cm³/mol. The largest absolute Gasteiger partial charge is 0.325 e. The lowest BCUT2D eigenvalue weighted by Gasteiger charge is -2.41. The topological polar surface area (TPSA) is 23.6 Å². The molecular formula is C17H32N2O. The van der Waals surface area contributed by atoms with Gasteiger partial charge in [0.2, 0.25) is 0 Å². The van der Waals surface area contributed by atoms with Crippen molar-refractivity contribution >= 4 is 6.03 Å². The standard InChI is InChI=1S/C17H32N2O/c1-4-16(14(2)3)15-9-8-12-19(13-15)17(20)18-10-6-5-7-11-18/h14-16H,4-13H2,1-3H3. The molecule has 0 aliphatic carbocycles. The maximum Gasteiger partial charge on any atom is 0.320 e. The molecule has 0 bridgehead atoms. The number of urea groups is 1. The first kappa shape index (κ1) is 15.7. The first-order valence-electron chi connectivity index (χ1n) is 8.67. The Morgan fingerprint density at radius 1 is 1.05 bits per heavy atom. The van der Waals surface area contributed by atoms with Crippen LogP contribution in [0.4, 0.5) is 4.79 Å². The minimum atomic E-state index is 0.313. The highest BCUT2D eigenvalue weighted by atomic mass is 16.2. The molecule has 20 heavy (non-hydrogen) atoms. The number of amides is 2. The Kier molecular flexibility index (Phi) is 5.74. The van der Waals surface area contributed by atoms with Crippen molar-refractivity contribution in [2.75, 3.05) is 26.2 Å². The number of rotatable bonds is 3. The zero-order chi connectivity index (χ0) is 14.5. The minimum Gasteiger partial charge on any atom is -0.325 e. The summed E-state index contributed by atoms with van der Waals surface area (Å²) in [5, 5.41) is 0. The zero-order valence-electron chi connectivity index (χ0n) is 13.6. The number of hydrogen-bond donors (Lipinski definition) is 0. The fraction of sp³-hybridized carbons (Fsp3) is 0.941. The van der Waals surface area contributed by atoms with Gasteiger partial charge in [0.25, 0.3) is 0 Å². The summed E-state index contributed by atoms with van der Waals surface area (Å²) in [5.74, 6) is 2.21. The van der Waals surface area contributed by atoms with Gasteiger partial charge in [0.15, 0.2) is 0 Å². The van der Waals surface area contributed by atoms with Crippen LogP contribution in [0.1, 0.15) is 59.3 Å². The maximum atomic E-state index is 12.6. The van der Waals surface area contributed by atoms with Crippen LogP contribution in [0, 0.1) is 17.8 Å². The lowest BCUT2D eigenvalue weighted by Crippen LogP contribution is -2.50. The van der Waals surface area contributed by atoms with Crippen LogP contribution >= 0.6 is 0 Å². The summed E-state index contributed by atoms with van der Waals surface area (Å²) in [6.07, 6.45) is 7.40. The van der Waals surface area contributed by atoms with E-state index in [4.69, 9.17) is 0 Å². The smallest absolute Gasteiger partial charge is 0.320 e. The fourth-order valence-electron chi connectivity index (χ4n) is 4.17. The van der Waals surface area contributed by atoms with Gasteiger partial charge in [-0.1, -0.05) is 27.2 Å². The molecule has 2 fully saturated rings. The summed E-state index contributed by atoms with van der Waals surface area (Å²) >= 11 is 0. The lowest BCUT2D eigenvalue weighted by atomic mass is 9.77. The van der Waals surface area contributed by atoms with Gasteiger partial charge in [-0.3, -0.25) is 0 Å². The highest BCUT2D eigenvalue weighted by molar-refractivity contribution is 5.74. The van der Waals surface area contributed by atoms with Gasteiger partial charge in [-0.15, -0.1) is 0 Å². The highest BCUT2D eigenvalue weighted by Gasteiger charge is 2.32. The van der Waals surface area contributed by atoms with E-state index in [-0.39, 0.29) is 0 Å². The van der Waals surface area contributed by atoms with Crippen LogP contribution in [0.3, 0.4) is 0 Å². The molecule has 0 aromatic carbocycles. The lowest BCUT2D eigenvalue weighted by molar-refractivity contribution is 0.0951. The number of nitrogens with zero attached hydrogens (tertiary/aromatic N) is 2. The van der Waals surface area contributed by atoms with Gasteiger partial charge in [0.1, 0.15) is 0 Å². The molecule has 0 N–H and O–H groups in total. The number of carbonyl (C=O) groups excluding carboxylic acids is 1. The molecule has 2 saturated heterocycles. The van der Waals surface area contributed by atoms with Gasteiger partial charge in [-0.05, 0) is 49.9 Å². The number of piperidine rings is 2. The molecule has 0 saturated carbocycles. The fourth-order valence-corrected chi connectivity index (χ4v) is 4.17. The number of carbonyl (C=O) groups is 1. The molecule has 3 heteroatoms. The van der Waals surface area contributed by atoms with E-state index < -0.39 is 0 Å². The SMILES string of the molecule is CCC(C(C)C)C1CCCN(C(=O)N2CCCCC2)C1.